The van der Waals surface area contributed by atoms with E-state index in [0.29, 0.717) is 19.0 Å². The van der Waals surface area contributed by atoms with E-state index < -0.39 is 15.6 Å². The summed E-state index contributed by atoms with van der Waals surface area (Å²) in [6.45, 7) is 4.75. The SMILES string of the molecule is CN=C(NCC(C)(C)NS(C)(=O)=O)N(C)Cc1cc(Br)cn1C. The first kappa shape index (κ1) is 20.0. The third-order valence-electron chi connectivity index (χ3n) is 3.20. The van der Waals surface area contributed by atoms with E-state index in [2.05, 4.69) is 37.0 Å². The Morgan fingerprint density at radius 1 is 1.48 bits per heavy atom. The Morgan fingerprint density at radius 2 is 2.09 bits per heavy atom. The van der Waals surface area contributed by atoms with Gasteiger partial charge in [0.2, 0.25) is 10.0 Å². The van der Waals surface area contributed by atoms with Crippen molar-refractivity contribution in [3.63, 3.8) is 0 Å². The van der Waals surface area contributed by atoms with E-state index in [0.717, 1.165) is 16.4 Å². The van der Waals surface area contributed by atoms with Crippen molar-refractivity contribution in [2.45, 2.75) is 25.9 Å². The summed E-state index contributed by atoms with van der Waals surface area (Å²) in [5.41, 5.74) is 0.522. The molecule has 0 aliphatic rings. The van der Waals surface area contributed by atoms with Crippen LogP contribution in [-0.2, 0) is 23.6 Å². The number of guanidine groups is 1. The van der Waals surface area contributed by atoms with Crippen molar-refractivity contribution in [1.29, 1.82) is 0 Å². The van der Waals surface area contributed by atoms with E-state index >= 15 is 0 Å². The number of rotatable bonds is 6. The number of sulfonamides is 1. The summed E-state index contributed by atoms with van der Waals surface area (Å²) < 4.78 is 28.5. The maximum atomic E-state index is 11.4. The first-order valence-electron chi connectivity index (χ1n) is 7.15. The van der Waals surface area contributed by atoms with Gasteiger partial charge in [-0.25, -0.2) is 13.1 Å². The van der Waals surface area contributed by atoms with Crippen LogP contribution in [-0.4, -0.2) is 56.3 Å². The first-order valence-corrected chi connectivity index (χ1v) is 9.83. The van der Waals surface area contributed by atoms with E-state index in [9.17, 15) is 8.42 Å². The van der Waals surface area contributed by atoms with Crippen molar-refractivity contribution < 1.29 is 8.42 Å². The van der Waals surface area contributed by atoms with Gasteiger partial charge >= 0.3 is 0 Å². The van der Waals surface area contributed by atoms with Crippen LogP contribution >= 0.6 is 15.9 Å². The van der Waals surface area contributed by atoms with E-state index in [1.807, 2.05) is 43.6 Å². The number of aryl methyl sites for hydroxylation is 1. The van der Waals surface area contributed by atoms with Gasteiger partial charge in [-0.3, -0.25) is 4.99 Å². The van der Waals surface area contributed by atoms with Gasteiger partial charge in [0, 0.05) is 49.6 Å². The second kappa shape index (κ2) is 7.67. The van der Waals surface area contributed by atoms with Gasteiger partial charge in [-0.2, -0.15) is 0 Å². The number of aliphatic imine (C=N–C) groups is 1. The minimum absolute atomic E-state index is 0.425. The second-order valence-corrected chi connectivity index (χ2v) is 8.94. The molecule has 0 saturated carbocycles. The molecule has 23 heavy (non-hydrogen) atoms. The Morgan fingerprint density at radius 3 is 2.52 bits per heavy atom. The number of halogens is 1. The molecular weight excluding hydrogens is 382 g/mol. The largest absolute Gasteiger partial charge is 0.354 e. The van der Waals surface area contributed by atoms with Crippen molar-refractivity contribution >= 4 is 31.9 Å². The summed E-state index contributed by atoms with van der Waals surface area (Å²) in [7, 11) is 2.37. The molecule has 9 heteroatoms. The maximum absolute atomic E-state index is 11.4. The van der Waals surface area contributed by atoms with Gasteiger partial charge < -0.3 is 14.8 Å². The molecule has 132 valence electrons. The van der Waals surface area contributed by atoms with E-state index in [1.165, 1.54) is 0 Å². The zero-order valence-electron chi connectivity index (χ0n) is 14.5. The maximum Gasteiger partial charge on any atom is 0.209 e. The van der Waals surface area contributed by atoms with Crippen LogP contribution in [0.1, 0.15) is 19.5 Å². The van der Waals surface area contributed by atoms with Crippen molar-refractivity contribution in [3.8, 4) is 0 Å². The Labute approximate surface area is 147 Å². The average Bonchev–Trinajstić information content (AvgIpc) is 2.65. The number of nitrogens with one attached hydrogen (secondary N) is 2. The number of hydrogen-bond donors (Lipinski definition) is 2. The summed E-state index contributed by atoms with van der Waals surface area (Å²) in [5, 5.41) is 3.21. The first-order chi connectivity index (χ1) is 10.4. The third kappa shape index (κ3) is 6.92. The summed E-state index contributed by atoms with van der Waals surface area (Å²) in [5.74, 6) is 0.700. The van der Waals surface area contributed by atoms with Gasteiger partial charge in [0.1, 0.15) is 0 Å². The van der Waals surface area contributed by atoms with E-state index in [-0.39, 0.29) is 0 Å². The van der Waals surface area contributed by atoms with Gasteiger partial charge in [-0.15, -0.1) is 0 Å². The predicted molar refractivity (Wildman–Crippen MR) is 98.0 cm³/mol. The molecule has 0 spiro atoms. The molecule has 0 fully saturated rings. The normalized spacial score (nSPS) is 13.3. The molecule has 1 heterocycles. The highest BCUT2D eigenvalue weighted by molar-refractivity contribution is 9.10. The molecule has 0 amide bonds. The molecule has 7 nitrogen and oxygen atoms in total. The highest BCUT2D eigenvalue weighted by Gasteiger charge is 2.23. The lowest BCUT2D eigenvalue weighted by Gasteiger charge is -2.29. The molecular formula is C14H26BrN5O2S. The summed E-state index contributed by atoms with van der Waals surface area (Å²) in [6.07, 6.45) is 3.15. The highest BCUT2D eigenvalue weighted by Crippen LogP contribution is 2.15. The van der Waals surface area contributed by atoms with E-state index in [1.54, 1.807) is 7.05 Å². The van der Waals surface area contributed by atoms with Crippen molar-refractivity contribution in [1.82, 2.24) is 19.5 Å². The van der Waals surface area contributed by atoms with Crippen molar-refractivity contribution in [2.24, 2.45) is 12.0 Å². The molecule has 1 aromatic rings. The Bertz CT molecular complexity index is 667. The summed E-state index contributed by atoms with van der Waals surface area (Å²) in [4.78, 5) is 6.24. The van der Waals surface area contributed by atoms with Crippen LogP contribution in [0.4, 0.5) is 0 Å². The van der Waals surface area contributed by atoms with Crippen LogP contribution in [0.5, 0.6) is 0 Å². The lowest BCUT2D eigenvalue weighted by atomic mass is 10.1. The summed E-state index contributed by atoms with van der Waals surface area (Å²) >= 11 is 3.46. The van der Waals surface area contributed by atoms with Crippen molar-refractivity contribution in [3.05, 3.63) is 22.4 Å². The molecule has 0 saturated heterocycles. The summed E-state index contributed by atoms with van der Waals surface area (Å²) in [6, 6.07) is 2.05. The monoisotopic (exact) mass is 407 g/mol. The van der Waals surface area contributed by atoms with E-state index in [4.69, 9.17) is 0 Å². The quantitative estimate of drug-likeness (QED) is 0.546. The molecule has 0 unspecified atom stereocenters. The number of hydrogen-bond acceptors (Lipinski definition) is 3. The van der Waals surface area contributed by atoms with Crippen LogP contribution in [0.15, 0.2) is 21.7 Å². The van der Waals surface area contributed by atoms with Crippen molar-refractivity contribution in [2.75, 3.05) is 26.9 Å². The fourth-order valence-corrected chi connectivity index (χ4v) is 3.91. The molecule has 0 radical (unpaired) electrons. The molecule has 1 aromatic heterocycles. The van der Waals surface area contributed by atoms with Gasteiger partial charge in [0.15, 0.2) is 5.96 Å². The lowest BCUT2D eigenvalue weighted by Crippen LogP contribution is -2.53. The van der Waals surface area contributed by atoms with Crippen LogP contribution in [0.3, 0.4) is 0 Å². The Kier molecular flexibility index (Phi) is 6.67. The van der Waals surface area contributed by atoms with Crippen LogP contribution in [0.2, 0.25) is 0 Å². The van der Waals surface area contributed by atoms with Crippen LogP contribution in [0.25, 0.3) is 0 Å². The molecule has 2 N–H and O–H groups in total. The van der Waals surface area contributed by atoms with Crippen LogP contribution < -0.4 is 10.0 Å². The zero-order chi connectivity index (χ0) is 17.8. The predicted octanol–water partition coefficient (Wildman–Crippen LogP) is 1.12. The molecule has 0 bridgehead atoms. The standard InChI is InChI=1S/C14H26BrN5O2S/c1-14(2,18-23(6,21)22)10-17-13(16-3)20(5)9-12-7-11(15)8-19(12)4/h7-8,18H,9-10H2,1-6H3,(H,16,17). The topological polar surface area (TPSA) is 78.7 Å². The lowest BCUT2D eigenvalue weighted by molar-refractivity contribution is 0.418. The fourth-order valence-electron chi connectivity index (χ4n) is 2.26. The van der Waals surface area contributed by atoms with Gasteiger partial charge in [-0.05, 0) is 35.8 Å². The number of aromatic nitrogens is 1. The zero-order valence-corrected chi connectivity index (χ0v) is 16.9. The van der Waals surface area contributed by atoms with Gasteiger partial charge in [0.05, 0.1) is 12.8 Å². The molecule has 1 rings (SSSR count). The second-order valence-electron chi connectivity index (χ2n) is 6.28. The Balaban J connectivity index is 2.68. The fraction of sp³-hybridized carbons (Fsp3) is 0.643. The highest BCUT2D eigenvalue weighted by atomic mass is 79.9. The van der Waals surface area contributed by atoms with Crippen LogP contribution in [0, 0.1) is 0 Å². The molecule has 0 aliphatic heterocycles. The third-order valence-corrected chi connectivity index (χ3v) is 4.55. The van der Waals surface area contributed by atoms with Gasteiger partial charge in [0.25, 0.3) is 0 Å². The Hall–Kier alpha value is -1.06. The number of nitrogens with zero attached hydrogens (tertiary/aromatic N) is 3. The molecule has 0 aliphatic carbocycles. The molecule has 0 atom stereocenters. The van der Waals surface area contributed by atoms with Gasteiger partial charge in [-0.1, -0.05) is 0 Å². The smallest absolute Gasteiger partial charge is 0.209 e. The minimum Gasteiger partial charge on any atom is -0.354 e. The average molecular weight is 408 g/mol. The molecule has 0 aromatic carbocycles. The minimum atomic E-state index is -3.26.